The molecule has 1 aliphatic rings. The fourth-order valence-electron chi connectivity index (χ4n) is 1.83. The van der Waals surface area contributed by atoms with Crippen molar-refractivity contribution in [2.75, 3.05) is 26.2 Å². The molecule has 3 heteroatoms. The number of hydrogen-bond acceptors (Lipinski definition) is 3. The smallest absolute Gasteiger partial charge is 0.213 e. The zero-order valence-electron chi connectivity index (χ0n) is 11.3. The molecule has 0 aromatic carbocycles. The molecule has 2 heterocycles. The number of hydrogen-bond donors (Lipinski definition) is 0. The Morgan fingerprint density at radius 1 is 1.24 bits per heavy atom. The van der Waals surface area contributed by atoms with Crippen LogP contribution in [0.2, 0.25) is 0 Å². The van der Waals surface area contributed by atoms with Gasteiger partial charge in [0.1, 0.15) is 6.61 Å². The minimum absolute atomic E-state index is 0.736. The van der Waals surface area contributed by atoms with Crippen molar-refractivity contribution in [1.82, 2.24) is 9.88 Å². The molecule has 0 aliphatic carbocycles. The van der Waals surface area contributed by atoms with E-state index in [9.17, 15) is 0 Å². The molecule has 96 valence electrons. The lowest BCUT2D eigenvalue weighted by Gasteiger charge is -2.14. The average molecular weight is 236 g/mol. The number of aromatic nitrogens is 1. The molecule has 0 N–H and O–H groups in total. The molecule has 1 aliphatic heterocycles. The predicted molar refractivity (Wildman–Crippen MR) is 71.5 cm³/mol. The van der Waals surface area contributed by atoms with E-state index >= 15 is 0 Å². The highest BCUT2D eigenvalue weighted by Gasteiger charge is 2.10. The predicted octanol–water partition coefficient (Wildman–Crippen LogP) is 2.89. The molecule has 2 rings (SSSR count). The summed E-state index contributed by atoms with van der Waals surface area (Å²) in [6.45, 7) is 10.3. The van der Waals surface area contributed by atoms with Crippen LogP contribution in [0.4, 0.5) is 0 Å². The maximum atomic E-state index is 5.57. The molecular weight excluding hydrogens is 212 g/mol. The van der Waals surface area contributed by atoms with Gasteiger partial charge in [-0.1, -0.05) is 19.9 Å². The minimum Gasteiger partial charge on any atom is -0.476 e. The Morgan fingerprint density at radius 2 is 1.94 bits per heavy atom. The number of rotatable bonds is 4. The van der Waals surface area contributed by atoms with E-state index in [1.807, 2.05) is 39.1 Å². The summed E-state index contributed by atoms with van der Waals surface area (Å²) in [5.74, 6) is 0.736. The monoisotopic (exact) mass is 236 g/mol. The lowest BCUT2D eigenvalue weighted by molar-refractivity contribution is 0.232. The number of aryl methyl sites for hydroxylation is 1. The first-order valence-electron chi connectivity index (χ1n) is 6.62. The molecule has 0 bridgehead atoms. The summed E-state index contributed by atoms with van der Waals surface area (Å²) in [5, 5.41) is 0. The standard InChI is InChI=1S/C12H18N2O.C2H6/c1-11-4-5-12(13-10-11)15-9-8-14-6-2-3-7-14;1-2/h4-5,10H,2-3,6-9H2,1H3;1-2H3. The van der Waals surface area contributed by atoms with Crippen molar-refractivity contribution in [1.29, 1.82) is 0 Å². The van der Waals surface area contributed by atoms with Crippen molar-refractivity contribution in [3.05, 3.63) is 23.9 Å². The minimum atomic E-state index is 0.736. The highest BCUT2D eigenvalue weighted by atomic mass is 16.5. The maximum absolute atomic E-state index is 5.57. The Balaban J connectivity index is 0.000000686. The number of nitrogens with zero attached hydrogens (tertiary/aromatic N) is 2. The van der Waals surface area contributed by atoms with Gasteiger partial charge in [-0.3, -0.25) is 4.90 Å². The number of ether oxygens (including phenoxy) is 1. The third kappa shape index (κ3) is 5.18. The van der Waals surface area contributed by atoms with Gasteiger partial charge in [-0.25, -0.2) is 4.98 Å². The maximum Gasteiger partial charge on any atom is 0.213 e. The molecule has 0 radical (unpaired) electrons. The van der Waals surface area contributed by atoms with E-state index in [1.54, 1.807) is 0 Å². The molecule has 1 aromatic rings. The van der Waals surface area contributed by atoms with Crippen molar-refractivity contribution in [2.45, 2.75) is 33.6 Å². The Bertz CT molecular complexity index is 292. The number of pyridine rings is 1. The molecule has 1 saturated heterocycles. The van der Waals surface area contributed by atoms with Crippen LogP contribution in [0.15, 0.2) is 18.3 Å². The summed E-state index contributed by atoms with van der Waals surface area (Å²) in [6, 6.07) is 3.96. The summed E-state index contributed by atoms with van der Waals surface area (Å²) < 4.78 is 5.57. The second kappa shape index (κ2) is 8.07. The fourth-order valence-corrected chi connectivity index (χ4v) is 1.83. The molecule has 1 aromatic heterocycles. The summed E-state index contributed by atoms with van der Waals surface area (Å²) in [6.07, 6.45) is 4.51. The Hall–Kier alpha value is -1.09. The van der Waals surface area contributed by atoms with Gasteiger partial charge in [-0.05, 0) is 38.4 Å². The lowest BCUT2D eigenvalue weighted by atomic mass is 10.3. The van der Waals surface area contributed by atoms with Gasteiger partial charge in [-0.15, -0.1) is 0 Å². The third-order valence-corrected chi connectivity index (χ3v) is 2.74. The van der Waals surface area contributed by atoms with Gasteiger partial charge in [0.05, 0.1) is 0 Å². The van der Waals surface area contributed by atoms with E-state index in [1.165, 1.54) is 31.5 Å². The van der Waals surface area contributed by atoms with Crippen LogP contribution in [0.5, 0.6) is 5.88 Å². The van der Waals surface area contributed by atoms with Gasteiger partial charge < -0.3 is 4.74 Å². The molecule has 0 amide bonds. The SMILES string of the molecule is CC.Cc1ccc(OCCN2CCCC2)nc1. The fraction of sp³-hybridized carbons (Fsp3) is 0.643. The molecule has 0 spiro atoms. The van der Waals surface area contributed by atoms with E-state index < -0.39 is 0 Å². The quantitative estimate of drug-likeness (QED) is 0.803. The first kappa shape index (κ1) is 14.0. The second-order valence-electron chi connectivity index (χ2n) is 4.07. The molecule has 1 fully saturated rings. The van der Waals surface area contributed by atoms with Crippen molar-refractivity contribution < 1.29 is 4.74 Å². The largest absolute Gasteiger partial charge is 0.476 e. The van der Waals surface area contributed by atoms with Crippen molar-refractivity contribution in [3.8, 4) is 5.88 Å². The van der Waals surface area contributed by atoms with Gasteiger partial charge in [0, 0.05) is 18.8 Å². The van der Waals surface area contributed by atoms with E-state index in [-0.39, 0.29) is 0 Å². The molecule has 3 nitrogen and oxygen atoms in total. The van der Waals surface area contributed by atoms with Crippen molar-refractivity contribution in [3.63, 3.8) is 0 Å². The second-order valence-corrected chi connectivity index (χ2v) is 4.07. The van der Waals surface area contributed by atoms with E-state index in [4.69, 9.17) is 4.74 Å². The van der Waals surface area contributed by atoms with Crippen LogP contribution in [-0.2, 0) is 0 Å². The summed E-state index contributed by atoms with van der Waals surface area (Å²) in [5.41, 5.74) is 1.17. The van der Waals surface area contributed by atoms with Crippen LogP contribution in [0.3, 0.4) is 0 Å². The Morgan fingerprint density at radius 3 is 2.53 bits per heavy atom. The Kier molecular flexibility index (Phi) is 6.63. The van der Waals surface area contributed by atoms with E-state index in [0.29, 0.717) is 0 Å². The summed E-state index contributed by atoms with van der Waals surface area (Å²) in [4.78, 5) is 6.64. The molecule has 0 atom stereocenters. The topological polar surface area (TPSA) is 25.4 Å². The molecule has 0 saturated carbocycles. The normalized spacial score (nSPS) is 15.2. The summed E-state index contributed by atoms with van der Waals surface area (Å²) >= 11 is 0. The van der Waals surface area contributed by atoms with E-state index in [2.05, 4.69) is 9.88 Å². The van der Waals surface area contributed by atoms with Crippen LogP contribution in [0, 0.1) is 6.92 Å². The van der Waals surface area contributed by atoms with Crippen LogP contribution in [0.25, 0.3) is 0 Å². The van der Waals surface area contributed by atoms with Gasteiger partial charge >= 0.3 is 0 Å². The zero-order chi connectivity index (χ0) is 12.5. The van der Waals surface area contributed by atoms with Crippen LogP contribution in [0.1, 0.15) is 32.3 Å². The molecule has 0 unspecified atom stereocenters. The van der Waals surface area contributed by atoms with Crippen molar-refractivity contribution in [2.24, 2.45) is 0 Å². The molecular formula is C14H24N2O. The van der Waals surface area contributed by atoms with E-state index in [0.717, 1.165) is 19.0 Å². The average Bonchev–Trinajstić information content (AvgIpc) is 2.87. The van der Waals surface area contributed by atoms with Gasteiger partial charge in [0.2, 0.25) is 5.88 Å². The first-order valence-corrected chi connectivity index (χ1v) is 6.62. The molecule has 17 heavy (non-hydrogen) atoms. The van der Waals surface area contributed by atoms with Crippen LogP contribution in [-0.4, -0.2) is 36.1 Å². The number of likely N-dealkylation sites (tertiary alicyclic amines) is 1. The first-order chi connectivity index (χ1) is 8.34. The Labute approximate surface area is 105 Å². The highest BCUT2D eigenvalue weighted by Crippen LogP contribution is 2.08. The highest BCUT2D eigenvalue weighted by molar-refractivity contribution is 5.16. The van der Waals surface area contributed by atoms with Gasteiger partial charge in [-0.2, -0.15) is 0 Å². The third-order valence-electron chi connectivity index (χ3n) is 2.74. The van der Waals surface area contributed by atoms with Gasteiger partial charge in [0.15, 0.2) is 0 Å². The summed E-state index contributed by atoms with van der Waals surface area (Å²) in [7, 11) is 0. The van der Waals surface area contributed by atoms with Gasteiger partial charge in [0.25, 0.3) is 0 Å². The van der Waals surface area contributed by atoms with Crippen molar-refractivity contribution >= 4 is 0 Å². The lowest BCUT2D eigenvalue weighted by Crippen LogP contribution is -2.25. The zero-order valence-corrected chi connectivity index (χ0v) is 11.3. The van der Waals surface area contributed by atoms with Crippen LogP contribution < -0.4 is 4.74 Å². The van der Waals surface area contributed by atoms with Crippen LogP contribution >= 0.6 is 0 Å².